The molecule has 0 bridgehead atoms. The van der Waals surface area contributed by atoms with Crippen LogP contribution in [0.25, 0.3) is 11.0 Å². The van der Waals surface area contributed by atoms with Crippen molar-refractivity contribution in [1.82, 2.24) is 19.1 Å². The lowest BCUT2D eigenvalue weighted by Gasteiger charge is -2.19. The highest BCUT2D eigenvalue weighted by atomic mass is 32.2. The zero-order chi connectivity index (χ0) is 19.9. The fraction of sp³-hybridized carbons (Fsp3) is 0.400. The van der Waals surface area contributed by atoms with Crippen molar-refractivity contribution < 1.29 is 0 Å². The zero-order valence-corrected chi connectivity index (χ0v) is 17.3. The summed E-state index contributed by atoms with van der Waals surface area (Å²) in [6.45, 7) is 8.10. The van der Waals surface area contributed by atoms with Crippen LogP contribution >= 0.6 is 11.8 Å². The normalized spacial score (nSPS) is 11.9. The average Bonchev–Trinajstić information content (AvgIpc) is 2.62. The van der Waals surface area contributed by atoms with Crippen LogP contribution in [0.5, 0.6) is 0 Å². The molecule has 0 atom stereocenters. The van der Waals surface area contributed by atoms with Crippen LogP contribution < -0.4 is 11.2 Å². The Morgan fingerprint density at radius 3 is 2.22 bits per heavy atom. The van der Waals surface area contributed by atoms with Crippen molar-refractivity contribution in [3.63, 3.8) is 0 Å². The second kappa shape index (κ2) is 6.96. The molecule has 2 heterocycles. The van der Waals surface area contributed by atoms with Crippen LogP contribution in [0.1, 0.15) is 37.7 Å². The first kappa shape index (κ1) is 19.4. The lowest BCUT2D eigenvalue weighted by Crippen LogP contribution is -2.38. The third kappa shape index (κ3) is 3.69. The molecule has 27 heavy (non-hydrogen) atoms. The summed E-state index contributed by atoms with van der Waals surface area (Å²) < 4.78 is 2.53. The number of rotatable bonds is 3. The molecule has 0 aliphatic heterocycles. The largest absolute Gasteiger partial charge is 0.332 e. The highest BCUT2D eigenvalue weighted by Crippen LogP contribution is 2.29. The molecule has 3 aromatic rings. The first-order valence-corrected chi connectivity index (χ1v) is 9.74. The summed E-state index contributed by atoms with van der Waals surface area (Å²) in [6, 6.07) is 8.28. The minimum atomic E-state index is -0.388. The second-order valence-electron chi connectivity index (χ2n) is 7.78. The fourth-order valence-electron chi connectivity index (χ4n) is 2.70. The first-order chi connectivity index (χ1) is 12.6. The zero-order valence-electron chi connectivity index (χ0n) is 16.5. The first-order valence-electron chi connectivity index (χ1n) is 8.76. The number of hydrogen-bond acceptors (Lipinski definition) is 5. The van der Waals surface area contributed by atoms with E-state index >= 15 is 0 Å². The highest BCUT2D eigenvalue weighted by Gasteiger charge is 2.23. The van der Waals surface area contributed by atoms with Gasteiger partial charge in [0.2, 0.25) is 0 Å². The van der Waals surface area contributed by atoms with Crippen molar-refractivity contribution >= 4 is 22.8 Å². The molecule has 6 nitrogen and oxygen atoms in total. The van der Waals surface area contributed by atoms with Gasteiger partial charge in [0.1, 0.15) is 16.2 Å². The Balaban J connectivity index is 2.21. The highest BCUT2D eigenvalue weighted by molar-refractivity contribution is 7.98. The standard InChI is InChI=1S/C20H24N4O2S/c1-12-7-9-13(10-8-12)11-27-16-14-15(21-18(22-16)20(2,3)4)23(5)19(26)24(6)17(14)25/h7-10H,11H2,1-6H3. The maximum atomic E-state index is 12.8. The summed E-state index contributed by atoms with van der Waals surface area (Å²) in [4.78, 5) is 34.4. The van der Waals surface area contributed by atoms with E-state index in [1.54, 1.807) is 7.05 Å². The molecule has 0 amide bonds. The van der Waals surface area contributed by atoms with E-state index in [0.29, 0.717) is 27.6 Å². The predicted octanol–water partition coefficient (Wildman–Crippen LogP) is 2.93. The number of aromatic nitrogens is 4. The summed E-state index contributed by atoms with van der Waals surface area (Å²) in [5.74, 6) is 1.30. The maximum Gasteiger partial charge on any atom is 0.332 e. The van der Waals surface area contributed by atoms with Gasteiger partial charge in [-0.3, -0.25) is 13.9 Å². The molecule has 3 rings (SSSR count). The van der Waals surface area contributed by atoms with E-state index < -0.39 is 0 Å². The van der Waals surface area contributed by atoms with Crippen LogP contribution in [-0.4, -0.2) is 19.1 Å². The number of fused-ring (bicyclic) bond motifs is 1. The fourth-order valence-corrected chi connectivity index (χ4v) is 3.67. The summed E-state index contributed by atoms with van der Waals surface area (Å²) in [5.41, 5.74) is 1.69. The molecule has 7 heteroatoms. The number of nitrogens with zero attached hydrogens (tertiary/aromatic N) is 4. The van der Waals surface area contributed by atoms with Gasteiger partial charge in [-0.15, -0.1) is 11.8 Å². The Labute approximate surface area is 162 Å². The number of thioether (sulfide) groups is 1. The van der Waals surface area contributed by atoms with Crippen molar-refractivity contribution in [3.8, 4) is 0 Å². The molecule has 142 valence electrons. The van der Waals surface area contributed by atoms with Crippen molar-refractivity contribution in [3.05, 3.63) is 62.1 Å². The molecule has 0 radical (unpaired) electrons. The minimum Gasteiger partial charge on any atom is -0.280 e. The summed E-state index contributed by atoms with van der Waals surface area (Å²) in [5, 5.41) is 1.01. The van der Waals surface area contributed by atoms with Crippen molar-refractivity contribution in [1.29, 1.82) is 0 Å². The van der Waals surface area contributed by atoms with Gasteiger partial charge < -0.3 is 0 Å². The van der Waals surface area contributed by atoms with Gasteiger partial charge in [-0.1, -0.05) is 50.6 Å². The summed E-state index contributed by atoms with van der Waals surface area (Å²) in [6.07, 6.45) is 0. The van der Waals surface area contributed by atoms with E-state index in [9.17, 15) is 9.59 Å². The van der Waals surface area contributed by atoms with Gasteiger partial charge in [0.05, 0.1) is 0 Å². The lowest BCUT2D eigenvalue weighted by molar-refractivity contribution is 0.539. The SMILES string of the molecule is Cc1ccc(CSc2nc(C(C)(C)C)nc3c2c(=O)n(C)c(=O)n3C)cc1. The molecule has 0 saturated carbocycles. The average molecular weight is 385 g/mol. The Kier molecular flexibility index (Phi) is 4.99. The van der Waals surface area contributed by atoms with Crippen LogP contribution in [0.3, 0.4) is 0 Å². The Hall–Kier alpha value is -2.41. The molecule has 0 fully saturated rings. The molecular weight excluding hydrogens is 360 g/mol. The van der Waals surface area contributed by atoms with Gasteiger partial charge in [0.15, 0.2) is 5.65 Å². The van der Waals surface area contributed by atoms with E-state index in [0.717, 1.165) is 10.1 Å². The van der Waals surface area contributed by atoms with Gasteiger partial charge in [-0.2, -0.15) is 0 Å². The second-order valence-corrected chi connectivity index (χ2v) is 8.75. The molecule has 2 aromatic heterocycles. The van der Waals surface area contributed by atoms with Crippen LogP contribution in [0.4, 0.5) is 0 Å². The number of hydrogen-bond donors (Lipinski definition) is 0. The van der Waals surface area contributed by atoms with E-state index in [1.807, 2.05) is 20.8 Å². The minimum absolute atomic E-state index is 0.301. The predicted molar refractivity (Wildman–Crippen MR) is 109 cm³/mol. The van der Waals surface area contributed by atoms with Crippen molar-refractivity contribution in [2.24, 2.45) is 14.1 Å². The van der Waals surface area contributed by atoms with Gasteiger partial charge in [-0.25, -0.2) is 14.8 Å². The summed E-state index contributed by atoms with van der Waals surface area (Å²) >= 11 is 1.50. The monoisotopic (exact) mass is 384 g/mol. The smallest absolute Gasteiger partial charge is 0.280 e. The topological polar surface area (TPSA) is 69.8 Å². The van der Waals surface area contributed by atoms with E-state index in [-0.39, 0.29) is 16.7 Å². The summed E-state index contributed by atoms with van der Waals surface area (Å²) in [7, 11) is 3.12. The molecule has 0 N–H and O–H groups in total. The van der Waals surface area contributed by atoms with Crippen LogP contribution in [-0.2, 0) is 25.3 Å². The molecule has 0 saturated heterocycles. The molecular formula is C20H24N4O2S. The van der Waals surface area contributed by atoms with Gasteiger partial charge in [0, 0.05) is 25.3 Å². The van der Waals surface area contributed by atoms with Crippen LogP contribution in [0.2, 0.25) is 0 Å². The van der Waals surface area contributed by atoms with Crippen molar-refractivity contribution in [2.75, 3.05) is 0 Å². The van der Waals surface area contributed by atoms with Gasteiger partial charge in [-0.05, 0) is 12.5 Å². The molecule has 1 aromatic carbocycles. The third-order valence-corrected chi connectivity index (χ3v) is 5.48. The lowest BCUT2D eigenvalue weighted by atomic mass is 9.96. The Morgan fingerprint density at radius 1 is 1.00 bits per heavy atom. The van der Waals surface area contributed by atoms with E-state index in [2.05, 4.69) is 36.2 Å². The Morgan fingerprint density at radius 2 is 1.63 bits per heavy atom. The third-order valence-electron chi connectivity index (χ3n) is 4.43. The molecule has 0 aliphatic carbocycles. The van der Waals surface area contributed by atoms with Crippen LogP contribution in [0.15, 0.2) is 38.9 Å². The van der Waals surface area contributed by atoms with Gasteiger partial charge >= 0.3 is 5.69 Å². The van der Waals surface area contributed by atoms with E-state index in [4.69, 9.17) is 4.98 Å². The van der Waals surface area contributed by atoms with Crippen LogP contribution in [0, 0.1) is 6.92 Å². The quantitative estimate of drug-likeness (QED) is 0.513. The molecule has 0 spiro atoms. The van der Waals surface area contributed by atoms with E-state index in [1.165, 1.54) is 28.9 Å². The molecule has 0 unspecified atom stereocenters. The number of benzene rings is 1. The van der Waals surface area contributed by atoms with Gasteiger partial charge in [0.25, 0.3) is 5.56 Å². The molecule has 0 aliphatic rings. The Bertz CT molecular complexity index is 1120. The maximum absolute atomic E-state index is 12.8. The number of aryl methyl sites for hydroxylation is 2. The van der Waals surface area contributed by atoms with Crippen molar-refractivity contribution in [2.45, 2.75) is 43.9 Å².